The summed E-state index contributed by atoms with van der Waals surface area (Å²) in [5, 5.41) is 11.1. The number of carbonyl (C=O) groups is 1. The summed E-state index contributed by atoms with van der Waals surface area (Å²) in [6, 6.07) is 7.96. The SMILES string of the molecule is Cc1ccc(CSCC(=O)NCC(O)C(F)F)cc1. The third kappa shape index (κ3) is 6.54. The van der Waals surface area contributed by atoms with Crippen LogP contribution in [0.4, 0.5) is 8.78 Å². The number of nitrogens with one attached hydrogen (secondary N) is 1. The number of thioether (sulfide) groups is 1. The molecule has 1 aromatic carbocycles. The maximum absolute atomic E-state index is 12.0. The van der Waals surface area contributed by atoms with Crippen LogP contribution in [-0.2, 0) is 10.5 Å². The summed E-state index contributed by atoms with van der Waals surface area (Å²) in [6.07, 6.45) is -4.63. The lowest BCUT2D eigenvalue weighted by Gasteiger charge is -2.10. The van der Waals surface area contributed by atoms with E-state index in [4.69, 9.17) is 5.11 Å². The Balaban J connectivity index is 2.18. The van der Waals surface area contributed by atoms with Crippen molar-refractivity contribution in [2.45, 2.75) is 25.2 Å². The first-order valence-corrected chi connectivity index (χ1v) is 7.00. The second-order valence-corrected chi connectivity index (χ2v) is 5.17. The predicted octanol–water partition coefficient (Wildman–Crippen LogP) is 1.97. The highest BCUT2D eigenvalue weighted by atomic mass is 32.2. The van der Waals surface area contributed by atoms with Gasteiger partial charge in [0.15, 0.2) is 0 Å². The van der Waals surface area contributed by atoms with E-state index in [0.717, 1.165) is 5.56 Å². The molecule has 0 aliphatic carbocycles. The van der Waals surface area contributed by atoms with Gasteiger partial charge >= 0.3 is 0 Å². The van der Waals surface area contributed by atoms with E-state index >= 15 is 0 Å². The summed E-state index contributed by atoms with van der Waals surface area (Å²) in [5.74, 6) is 0.520. The van der Waals surface area contributed by atoms with E-state index in [0.29, 0.717) is 5.75 Å². The molecule has 0 saturated heterocycles. The minimum absolute atomic E-state index is 0.184. The Bertz CT molecular complexity index is 398. The molecule has 1 atom stereocenters. The Morgan fingerprint density at radius 1 is 1.37 bits per heavy atom. The normalized spacial score (nSPS) is 12.5. The smallest absolute Gasteiger partial charge is 0.265 e. The number of aryl methyl sites for hydroxylation is 1. The lowest BCUT2D eigenvalue weighted by atomic mass is 10.2. The molecule has 3 nitrogen and oxygen atoms in total. The Labute approximate surface area is 115 Å². The van der Waals surface area contributed by atoms with Crippen molar-refractivity contribution in [3.63, 3.8) is 0 Å². The molecule has 1 unspecified atom stereocenters. The van der Waals surface area contributed by atoms with Crippen LogP contribution in [0, 0.1) is 6.92 Å². The van der Waals surface area contributed by atoms with E-state index < -0.39 is 19.1 Å². The Hall–Kier alpha value is -1.14. The zero-order valence-electron chi connectivity index (χ0n) is 10.6. The molecule has 19 heavy (non-hydrogen) atoms. The van der Waals surface area contributed by atoms with Crippen molar-refractivity contribution in [2.24, 2.45) is 0 Å². The topological polar surface area (TPSA) is 49.3 Å². The Morgan fingerprint density at radius 2 is 2.00 bits per heavy atom. The highest BCUT2D eigenvalue weighted by molar-refractivity contribution is 7.99. The van der Waals surface area contributed by atoms with Gasteiger partial charge in [-0.25, -0.2) is 8.78 Å². The molecule has 0 heterocycles. The lowest BCUT2D eigenvalue weighted by molar-refractivity contribution is -0.119. The molecule has 1 rings (SSSR count). The van der Waals surface area contributed by atoms with Crippen LogP contribution >= 0.6 is 11.8 Å². The first kappa shape index (κ1) is 15.9. The molecular formula is C13H17F2NO2S. The quantitative estimate of drug-likeness (QED) is 0.807. The molecule has 1 aromatic rings. The number of amides is 1. The van der Waals surface area contributed by atoms with Gasteiger partial charge in [-0.1, -0.05) is 29.8 Å². The standard InChI is InChI=1S/C13H17F2NO2S/c1-9-2-4-10(5-3-9)7-19-8-12(18)16-6-11(17)13(14)15/h2-5,11,13,17H,6-8H2,1H3,(H,16,18). The number of hydrogen-bond donors (Lipinski definition) is 2. The van der Waals surface area contributed by atoms with Crippen molar-refractivity contribution in [2.75, 3.05) is 12.3 Å². The van der Waals surface area contributed by atoms with Gasteiger partial charge in [-0.05, 0) is 12.5 Å². The predicted molar refractivity (Wildman–Crippen MR) is 72.4 cm³/mol. The van der Waals surface area contributed by atoms with Gasteiger partial charge in [0.25, 0.3) is 6.43 Å². The molecular weight excluding hydrogens is 272 g/mol. The number of benzene rings is 1. The van der Waals surface area contributed by atoms with Crippen LogP contribution in [0.3, 0.4) is 0 Å². The number of aliphatic hydroxyl groups excluding tert-OH is 1. The van der Waals surface area contributed by atoms with Crippen molar-refractivity contribution in [1.82, 2.24) is 5.32 Å². The first-order chi connectivity index (χ1) is 8.99. The third-order valence-corrected chi connectivity index (χ3v) is 3.43. The summed E-state index contributed by atoms with van der Waals surface area (Å²) in [7, 11) is 0. The summed E-state index contributed by atoms with van der Waals surface area (Å²) in [4.78, 5) is 11.3. The summed E-state index contributed by atoms with van der Waals surface area (Å²) in [5.41, 5.74) is 2.28. The second-order valence-electron chi connectivity index (χ2n) is 4.18. The van der Waals surface area contributed by atoms with Crippen molar-refractivity contribution >= 4 is 17.7 Å². The van der Waals surface area contributed by atoms with Gasteiger partial charge in [0, 0.05) is 12.3 Å². The monoisotopic (exact) mass is 289 g/mol. The van der Waals surface area contributed by atoms with Crippen LogP contribution in [-0.4, -0.2) is 35.8 Å². The highest BCUT2D eigenvalue weighted by Gasteiger charge is 2.17. The molecule has 0 radical (unpaired) electrons. The summed E-state index contributed by atoms with van der Waals surface area (Å²) >= 11 is 1.40. The van der Waals surface area contributed by atoms with Crippen molar-refractivity contribution < 1.29 is 18.7 Å². The van der Waals surface area contributed by atoms with E-state index in [9.17, 15) is 13.6 Å². The van der Waals surface area contributed by atoms with Gasteiger partial charge in [-0.2, -0.15) is 0 Å². The molecule has 0 saturated carbocycles. The van der Waals surface area contributed by atoms with Gasteiger partial charge in [-0.3, -0.25) is 4.79 Å². The Morgan fingerprint density at radius 3 is 2.58 bits per heavy atom. The van der Waals surface area contributed by atoms with Crippen molar-refractivity contribution in [3.8, 4) is 0 Å². The molecule has 106 valence electrons. The molecule has 0 aliphatic rings. The molecule has 6 heteroatoms. The fourth-order valence-corrected chi connectivity index (χ4v) is 2.12. The number of hydrogen-bond acceptors (Lipinski definition) is 3. The second kappa shape index (κ2) is 8.12. The number of halogens is 2. The van der Waals surface area contributed by atoms with E-state index in [1.54, 1.807) is 0 Å². The first-order valence-electron chi connectivity index (χ1n) is 5.85. The van der Waals surface area contributed by atoms with Crippen LogP contribution in [0.15, 0.2) is 24.3 Å². The highest BCUT2D eigenvalue weighted by Crippen LogP contribution is 2.12. The van der Waals surface area contributed by atoms with Gasteiger partial charge in [-0.15, -0.1) is 11.8 Å². The van der Waals surface area contributed by atoms with E-state index in [1.807, 2.05) is 31.2 Å². The number of aliphatic hydroxyl groups is 1. The van der Waals surface area contributed by atoms with Crippen LogP contribution in [0.5, 0.6) is 0 Å². The summed E-state index contributed by atoms with van der Waals surface area (Å²) in [6.45, 7) is 1.58. The van der Waals surface area contributed by atoms with Crippen LogP contribution in [0.2, 0.25) is 0 Å². The maximum Gasteiger partial charge on any atom is 0.265 e. The van der Waals surface area contributed by atoms with E-state index in [-0.39, 0.29) is 11.7 Å². The molecule has 0 bridgehead atoms. The van der Waals surface area contributed by atoms with Crippen LogP contribution < -0.4 is 5.32 Å². The van der Waals surface area contributed by atoms with Gasteiger partial charge < -0.3 is 10.4 Å². The average molecular weight is 289 g/mol. The fraction of sp³-hybridized carbons (Fsp3) is 0.462. The molecule has 0 fully saturated rings. The van der Waals surface area contributed by atoms with Gasteiger partial charge in [0.1, 0.15) is 6.10 Å². The summed E-state index contributed by atoms with van der Waals surface area (Å²) < 4.78 is 24.0. The zero-order chi connectivity index (χ0) is 14.3. The van der Waals surface area contributed by atoms with Gasteiger partial charge in [0.2, 0.25) is 5.91 Å². The Kier molecular flexibility index (Phi) is 6.80. The zero-order valence-corrected chi connectivity index (χ0v) is 11.4. The average Bonchev–Trinajstić information content (AvgIpc) is 2.38. The molecule has 0 spiro atoms. The molecule has 0 aromatic heterocycles. The molecule has 0 aliphatic heterocycles. The molecule has 2 N–H and O–H groups in total. The van der Waals surface area contributed by atoms with Crippen molar-refractivity contribution in [1.29, 1.82) is 0 Å². The van der Waals surface area contributed by atoms with Crippen LogP contribution in [0.25, 0.3) is 0 Å². The maximum atomic E-state index is 12.0. The number of carbonyl (C=O) groups excluding carboxylic acids is 1. The minimum Gasteiger partial charge on any atom is -0.385 e. The number of rotatable bonds is 7. The third-order valence-electron chi connectivity index (χ3n) is 2.42. The largest absolute Gasteiger partial charge is 0.385 e. The van der Waals surface area contributed by atoms with E-state index in [2.05, 4.69) is 5.32 Å². The fourth-order valence-electron chi connectivity index (χ4n) is 1.30. The minimum atomic E-state index is -2.83. The van der Waals surface area contributed by atoms with Crippen LogP contribution in [0.1, 0.15) is 11.1 Å². The number of alkyl halides is 2. The van der Waals surface area contributed by atoms with E-state index in [1.165, 1.54) is 17.3 Å². The van der Waals surface area contributed by atoms with Gasteiger partial charge in [0.05, 0.1) is 5.75 Å². The van der Waals surface area contributed by atoms with Crippen molar-refractivity contribution in [3.05, 3.63) is 35.4 Å². The molecule has 1 amide bonds. The lowest BCUT2D eigenvalue weighted by Crippen LogP contribution is -2.36.